The number of ether oxygens (including phenoxy) is 2. The first kappa shape index (κ1) is 17.1. The Bertz CT molecular complexity index is 826. The van der Waals surface area contributed by atoms with Crippen LogP contribution in [-0.4, -0.2) is 30.8 Å². The number of carbonyl (C=O) groups is 1. The first-order valence-electron chi connectivity index (χ1n) is 7.46. The van der Waals surface area contributed by atoms with Crippen molar-refractivity contribution in [3.63, 3.8) is 0 Å². The van der Waals surface area contributed by atoms with E-state index in [2.05, 4.69) is 0 Å². The zero-order valence-electron chi connectivity index (χ0n) is 13.7. The van der Waals surface area contributed by atoms with Crippen molar-refractivity contribution in [1.29, 1.82) is 0 Å². The van der Waals surface area contributed by atoms with Crippen LogP contribution < -0.4 is 14.4 Å². The van der Waals surface area contributed by atoms with Crippen LogP contribution in [0.5, 0.6) is 11.5 Å². The lowest BCUT2D eigenvalue weighted by molar-refractivity contribution is -0.385. The molecule has 2 aromatic rings. The van der Waals surface area contributed by atoms with Crippen LogP contribution in [-0.2, 0) is 4.79 Å². The van der Waals surface area contributed by atoms with E-state index in [1.54, 1.807) is 48.4 Å². The standard InChI is InChI=1S/C17H16N2O5S/c1-23-11-7-8-14(15(9-11)24-2)18-16(20)10-25-17(18)12-5-3-4-6-13(12)19(21)22/h3-9,17H,10H2,1-2H3/t17-/m1/s1. The Morgan fingerprint density at radius 2 is 1.96 bits per heavy atom. The lowest BCUT2D eigenvalue weighted by atomic mass is 10.1. The molecule has 0 spiro atoms. The van der Waals surface area contributed by atoms with Gasteiger partial charge < -0.3 is 9.47 Å². The van der Waals surface area contributed by atoms with E-state index in [9.17, 15) is 14.9 Å². The first-order valence-corrected chi connectivity index (χ1v) is 8.50. The van der Waals surface area contributed by atoms with Crippen molar-refractivity contribution < 1.29 is 19.2 Å². The van der Waals surface area contributed by atoms with Crippen molar-refractivity contribution in [3.05, 3.63) is 58.1 Å². The maximum atomic E-state index is 12.5. The van der Waals surface area contributed by atoms with Crippen molar-refractivity contribution >= 4 is 29.0 Å². The lowest BCUT2D eigenvalue weighted by Gasteiger charge is -2.26. The topological polar surface area (TPSA) is 81.9 Å². The molecule has 130 valence electrons. The maximum absolute atomic E-state index is 12.5. The Balaban J connectivity index is 2.09. The highest BCUT2D eigenvalue weighted by Gasteiger charge is 2.38. The number of hydrogen-bond donors (Lipinski definition) is 0. The smallest absolute Gasteiger partial charge is 0.275 e. The molecule has 2 aromatic carbocycles. The molecule has 1 saturated heterocycles. The van der Waals surface area contributed by atoms with Gasteiger partial charge in [0.2, 0.25) is 5.91 Å². The summed E-state index contributed by atoms with van der Waals surface area (Å²) in [7, 11) is 3.05. The van der Waals surface area contributed by atoms with Gasteiger partial charge in [-0.25, -0.2) is 0 Å². The zero-order chi connectivity index (χ0) is 18.0. The lowest BCUT2D eigenvalue weighted by Crippen LogP contribution is -2.28. The Morgan fingerprint density at radius 1 is 1.20 bits per heavy atom. The molecule has 0 bridgehead atoms. The second-order valence-electron chi connectivity index (χ2n) is 5.28. The number of hydrogen-bond acceptors (Lipinski definition) is 6. The predicted molar refractivity (Wildman–Crippen MR) is 95.3 cm³/mol. The molecule has 25 heavy (non-hydrogen) atoms. The van der Waals surface area contributed by atoms with E-state index >= 15 is 0 Å². The van der Waals surface area contributed by atoms with Gasteiger partial charge >= 0.3 is 0 Å². The van der Waals surface area contributed by atoms with Crippen LogP contribution in [0.4, 0.5) is 11.4 Å². The van der Waals surface area contributed by atoms with Gasteiger partial charge in [-0.3, -0.25) is 19.8 Å². The van der Waals surface area contributed by atoms with Crippen molar-refractivity contribution in [3.8, 4) is 11.5 Å². The number of para-hydroxylation sites is 1. The van der Waals surface area contributed by atoms with Crippen molar-refractivity contribution in [2.24, 2.45) is 0 Å². The summed E-state index contributed by atoms with van der Waals surface area (Å²) in [6.07, 6.45) is 0. The molecule has 1 aliphatic rings. The summed E-state index contributed by atoms with van der Waals surface area (Å²) < 4.78 is 10.6. The molecular weight excluding hydrogens is 344 g/mol. The number of benzene rings is 2. The largest absolute Gasteiger partial charge is 0.497 e. The number of thioether (sulfide) groups is 1. The van der Waals surface area contributed by atoms with E-state index in [4.69, 9.17) is 9.47 Å². The third-order valence-electron chi connectivity index (χ3n) is 3.91. The van der Waals surface area contributed by atoms with Gasteiger partial charge in [0.15, 0.2) is 0 Å². The summed E-state index contributed by atoms with van der Waals surface area (Å²) in [5.41, 5.74) is 1.04. The summed E-state index contributed by atoms with van der Waals surface area (Å²) in [4.78, 5) is 25.0. The summed E-state index contributed by atoms with van der Waals surface area (Å²) in [6, 6.07) is 11.6. The van der Waals surface area contributed by atoms with E-state index in [0.29, 0.717) is 22.7 Å². The minimum Gasteiger partial charge on any atom is -0.497 e. The molecule has 7 nitrogen and oxygen atoms in total. The molecule has 0 saturated carbocycles. The number of anilines is 1. The van der Waals surface area contributed by atoms with E-state index in [-0.39, 0.29) is 17.3 Å². The minimum atomic E-state index is -0.489. The third-order valence-corrected chi connectivity index (χ3v) is 5.11. The molecule has 0 aromatic heterocycles. The van der Waals surface area contributed by atoms with Crippen molar-refractivity contribution in [2.45, 2.75) is 5.37 Å². The second kappa shape index (κ2) is 7.02. The van der Waals surface area contributed by atoms with Crippen LogP contribution in [0.2, 0.25) is 0 Å². The maximum Gasteiger partial charge on any atom is 0.275 e. The molecular formula is C17H16N2O5S. The van der Waals surface area contributed by atoms with Crippen LogP contribution in [0.25, 0.3) is 0 Å². The van der Waals surface area contributed by atoms with Crippen LogP contribution in [0.3, 0.4) is 0 Å². The highest BCUT2D eigenvalue weighted by molar-refractivity contribution is 8.00. The number of carbonyl (C=O) groups excluding carboxylic acids is 1. The Labute approximate surface area is 148 Å². The van der Waals surface area contributed by atoms with Gasteiger partial charge in [0, 0.05) is 12.1 Å². The van der Waals surface area contributed by atoms with E-state index in [0.717, 1.165) is 0 Å². The number of methoxy groups -OCH3 is 2. The van der Waals surface area contributed by atoms with Crippen molar-refractivity contribution in [1.82, 2.24) is 0 Å². The number of nitro groups is 1. The molecule has 3 rings (SSSR count). The normalized spacial score (nSPS) is 16.8. The fraction of sp³-hybridized carbons (Fsp3) is 0.235. The quantitative estimate of drug-likeness (QED) is 0.600. The number of amides is 1. The Kier molecular flexibility index (Phi) is 4.80. The van der Waals surface area contributed by atoms with Crippen LogP contribution >= 0.6 is 11.8 Å². The zero-order valence-corrected chi connectivity index (χ0v) is 14.5. The van der Waals surface area contributed by atoms with E-state index in [1.807, 2.05) is 0 Å². The minimum absolute atomic E-state index is 0.00724. The highest BCUT2D eigenvalue weighted by atomic mass is 32.2. The molecule has 0 unspecified atom stereocenters. The molecule has 1 fully saturated rings. The first-order chi connectivity index (χ1) is 12.1. The summed E-state index contributed by atoms with van der Waals surface area (Å²) in [5.74, 6) is 1.18. The Morgan fingerprint density at radius 3 is 2.64 bits per heavy atom. The van der Waals surface area contributed by atoms with Gasteiger partial charge in [0.25, 0.3) is 5.69 Å². The van der Waals surface area contributed by atoms with Crippen LogP contribution in [0, 0.1) is 10.1 Å². The molecule has 0 radical (unpaired) electrons. The van der Waals surface area contributed by atoms with Crippen LogP contribution in [0.1, 0.15) is 10.9 Å². The SMILES string of the molecule is COc1ccc(N2C(=O)CS[C@@H]2c2ccccc2[N+](=O)[O-])c(OC)c1. The summed E-state index contributed by atoms with van der Waals surface area (Å²) >= 11 is 1.35. The monoisotopic (exact) mass is 360 g/mol. The average molecular weight is 360 g/mol. The fourth-order valence-electron chi connectivity index (χ4n) is 2.76. The number of rotatable bonds is 5. The second-order valence-corrected chi connectivity index (χ2v) is 6.35. The molecule has 0 N–H and O–H groups in total. The molecule has 8 heteroatoms. The molecule has 1 heterocycles. The van der Waals surface area contributed by atoms with Crippen LogP contribution in [0.15, 0.2) is 42.5 Å². The average Bonchev–Trinajstić information content (AvgIpc) is 3.02. The number of nitro benzene ring substituents is 1. The summed E-state index contributed by atoms with van der Waals surface area (Å²) in [5, 5.41) is 10.9. The van der Waals surface area contributed by atoms with Gasteiger partial charge in [-0.05, 0) is 18.2 Å². The predicted octanol–water partition coefficient (Wildman–Crippen LogP) is 3.39. The van der Waals surface area contributed by atoms with Crippen molar-refractivity contribution in [2.75, 3.05) is 24.9 Å². The van der Waals surface area contributed by atoms with E-state index in [1.165, 1.54) is 24.9 Å². The molecule has 1 amide bonds. The van der Waals surface area contributed by atoms with Gasteiger partial charge in [-0.1, -0.05) is 12.1 Å². The fourth-order valence-corrected chi connectivity index (χ4v) is 3.96. The van der Waals surface area contributed by atoms with E-state index < -0.39 is 10.3 Å². The molecule has 1 aliphatic heterocycles. The molecule has 1 atom stereocenters. The van der Waals surface area contributed by atoms with Gasteiger partial charge in [0.1, 0.15) is 16.9 Å². The third kappa shape index (κ3) is 3.12. The van der Waals surface area contributed by atoms with Gasteiger partial charge in [-0.2, -0.15) is 0 Å². The molecule has 0 aliphatic carbocycles. The Hall–Kier alpha value is -2.74. The van der Waals surface area contributed by atoms with Gasteiger partial charge in [0.05, 0.1) is 36.1 Å². The van der Waals surface area contributed by atoms with Gasteiger partial charge in [-0.15, -0.1) is 11.8 Å². The number of nitrogens with zero attached hydrogens (tertiary/aromatic N) is 2. The summed E-state index contributed by atoms with van der Waals surface area (Å²) in [6.45, 7) is 0. The highest BCUT2D eigenvalue weighted by Crippen LogP contribution is 2.47.